The molecule has 0 saturated heterocycles. The van der Waals surface area contributed by atoms with Crippen molar-refractivity contribution in [3.8, 4) is 0 Å². The molecule has 0 aliphatic rings. The van der Waals surface area contributed by atoms with Crippen LogP contribution in [0.15, 0.2) is 30.5 Å². The Morgan fingerprint density at radius 3 is 2.62 bits per heavy atom. The molecule has 0 radical (unpaired) electrons. The van der Waals surface area contributed by atoms with Crippen LogP contribution in [0.4, 0.5) is 18.9 Å². The lowest BCUT2D eigenvalue weighted by molar-refractivity contribution is -0.132. The van der Waals surface area contributed by atoms with Gasteiger partial charge in [0.05, 0.1) is 23.2 Å². The number of aromatic nitrogens is 1. The van der Waals surface area contributed by atoms with Crippen LogP contribution in [0.25, 0.3) is 10.9 Å². The van der Waals surface area contributed by atoms with Crippen LogP contribution in [0.3, 0.4) is 0 Å². The highest BCUT2D eigenvalue weighted by Gasteiger charge is 2.28. The van der Waals surface area contributed by atoms with Crippen LogP contribution in [0, 0.1) is 5.41 Å². The number of hydrogen-bond donors (Lipinski definition) is 2. The topological polar surface area (TPSA) is 66.0 Å². The summed E-state index contributed by atoms with van der Waals surface area (Å²) in [6, 6.07) is 7.09. The number of fused-ring (bicyclic) bond motifs is 1. The van der Waals surface area contributed by atoms with E-state index < -0.39 is 12.6 Å². The molecule has 0 atom stereocenters. The molecule has 0 unspecified atom stereocenters. The quantitative estimate of drug-likeness (QED) is 0.673. The first-order valence-electron chi connectivity index (χ1n) is 6.29. The van der Waals surface area contributed by atoms with Crippen molar-refractivity contribution >= 4 is 22.4 Å². The third-order valence-electron chi connectivity index (χ3n) is 3.15. The summed E-state index contributed by atoms with van der Waals surface area (Å²) >= 11 is 0. The van der Waals surface area contributed by atoms with Gasteiger partial charge in [-0.05, 0) is 6.07 Å². The van der Waals surface area contributed by atoms with E-state index in [9.17, 15) is 13.2 Å². The van der Waals surface area contributed by atoms with Crippen molar-refractivity contribution in [3.05, 3.63) is 36.0 Å². The molecular formula is C14H15F3N4. The van der Waals surface area contributed by atoms with E-state index in [1.54, 1.807) is 31.3 Å². The summed E-state index contributed by atoms with van der Waals surface area (Å²) in [6.07, 6.45) is -3.74. The Hall–Kier alpha value is -2.31. The summed E-state index contributed by atoms with van der Waals surface area (Å²) in [7, 11) is 1.56. The van der Waals surface area contributed by atoms with Crippen LogP contribution in [0.5, 0.6) is 0 Å². The van der Waals surface area contributed by atoms with E-state index in [1.165, 1.54) is 11.1 Å². The number of rotatable bonds is 4. The fraction of sp³-hybridized carbons (Fsp3) is 0.286. The van der Waals surface area contributed by atoms with Crippen molar-refractivity contribution in [1.82, 2.24) is 4.98 Å². The first-order valence-corrected chi connectivity index (χ1v) is 6.29. The third-order valence-corrected chi connectivity index (χ3v) is 3.15. The first-order chi connectivity index (χ1) is 9.79. The summed E-state index contributed by atoms with van der Waals surface area (Å²) in [4.78, 5) is 5.65. The molecule has 1 heterocycles. The molecule has 7 heteroatoms. The summed E-state index contributed by atoms with van der Waals surface area (Å²) in [5.41, 5.74) is 7.00. The van der Waals surface area contributed by atoms with Crippen LogP contribution < -0.4 is 10.6 Å². The molecule has 0 bridgehead atoms. The Morgan fingerprint density at radius 2 is 2.00 bits per heavy atom. The molecule has 112 valence electrons. The van der Waals surface area contributed by atoms with E-state index in [0.717, 1.165) is 0 Å². The molecule has 1 aromatic heterocycles. The number of nitrogens with zero attached hydrogens (tertiary/aromatic N) is 2. The number of para-hydroxylation sites is 1. The lowest BCUT2D eigenvalue weighted by Crippen LogP contribution is -2.27. The number of hydrogen-bond acceptors (Lipinski definition) is 3. The number of nitrogens with one attached hydrogen (secondary N) is 1. The van der Waals surface area contributed by atoms with Crippen molar-refractivity contribution in [2.24, 2.45) is 5.73 Å². The van der Waals surface area contributed by atoms with Gasteiger partial charge in [-0.25, -0.2) is 0 Å². The van der Waals surface area contributed by atoms with Gasteiger partial charge in [-0.15, -0.1) is 0 Å². The van der Waals surface area contributed by atoms with E-state index in [4.69, 9.17) is 11.1 Å². The number of pyridine rings is 1. The maximum absolute atomic E-state index is 12.4. The highest BCUT2D eigenvalue weighted by atomic mass is 19.4. The highest BCUT2D eigenvalue weighted by molar-refractivity contribution is 6.07. The van der Waals surface area contributed by atoms with Gasteiger partial charge in [-0.1, -0.05) is 18.2 Å². The number of benzene rings is 1. The van der Waals surface area contributed by atoms with E-state index in [-0.39, 0.29) is 12.4 Å². The SMILES string of the molecule is CN(CCC(F)(F)F)c1c(C(=N)N)cnc2ccccc12. The van der Waals surface area contributed by atoms with Gasteiger partial charge in [0, 0.05) is 25.2 Å². The predicted molar refractivity (Wildman–Crippen MR) is 76.7 cm³/mol. The Labute approximate surface area is 119 Å². The van der Waals surface area contributed by atoms with Gasteiger partial charge >= 0.3 is 6.18 Å². The van der Waals surface area contributed by atoms with Crippen LogP contribution >= 0.6 is 0 Å². The maximum Gasteiger partial charge on any atom is 0.390 e. The third kappa shape index (κ3) is 3.42. The Morgan fingerprint density at radius 1 is 1.33 bits per heavy atom. The summed E-state index contributed by atoms with van der Waals surface area (Å²) in [5.74, 6) is -0.220. The zero-order valence-electron chi connectivity index (χ0n) is 11.4. The highest BCUT2D eigenvalue weighted by Crippen LogP contribution is 2.30. The lowest BCUT2D eigenvalue weighted by Gasteiger charge is -2.24. The Kier molecular flexibility index (Phi) is 4.02. The normalized spacial score (nSPS) is 11.6. The monoisotopic (exact) mass is 296 g/mol. The molecule has 1 aromatic carbocycles. The number of alkyl halides is 3. The van der Waals surface area contributed by atoms with Crippen molar-refractivity contribution < 1.29 is 13.2 Å². The largest absolute Gasteiger partial charge is 0.390 e. The van der Waals surface area contributed by atoms with Gasteiger partial charge in [0.2, 0.25) is 0 Å². The molecule has 0 aliphatic heterocycles. The van der Waals surface area contributed by atoms with Crippen molar-refractivity contribution in [2.45, 2.75) is 12.6 Å². The fourth-order valence-corrected chi connectivity index (χ4v) is 2.14. The van der Waals surface area contributed by atoms with Crippen LogP contribution in [-0.2, 0) is 0 Å². The predicted octanol–water partition coefficient (Wildman–Crippen LogP) is 2.91. The first kappa shape index (κ1) is 15.1. The molecule has 0 fully saturated rings. The number of halogens is 3. The number of nitrogen functional groups attached to an aromatic ring is 1. The molecule has 0 amide bonds. The Bertz CT molecular complexity index is 667. The number of anilines is 1. The van der Waals surface area contributed by atoms with E-state index >= 15 is 0 Å². The summed E-state index contributed by atoms with van der Waals surface area (Å²) in [5, 5.41) is 8.26. The van der Waals surface area contributed by atoms with Gasteiger partial charge in [0.1, 0.15) is 5.84 Å². The van der Waals surface area contributed by atoms with Gasteiger partial charge in [0.15, 0.2) is 0 Å². The zero-order valence-corrected chi connectivity index (χ0v) is 11.4. The Balaban J connectivity index is 2.48. The second-order valence-corrected chi connectivity index (χ2v) is 4.74. The van der Waals surface area contributed by atoms with Crippen molar-refractivity contribution in [3.63, 3.8) is 0 Å². The van der Waals surface area contributed by atoms with E-state index in [1.807, 2.05) is 0 Å². The average molecular weight is 296 g/mol. The van der Waals surface area contributed by atoms with Crippen molar-refractivity contribution in [2.75, 3.05) is 18.5 Å². The van der Waals surface area contributed by atoms with E-state index in [2.05, 4.69) is 4.98 Å². The van der Waals surface area contributed by atoms with Crippen LogP contribution in [0.2, 0.25) is 0 Å². The summed E-state index contributed by atoms with van der Waals surface area (Å²) < 4.78 is 37.2. The minimum Gasteiger partial charge on any atom is -0.384 e. The van der Waals surface area contributed by atoms with Crippen LogP contribution in [-0.4, -0.2) is 30.6 Å². The molecule has 0 saturated carbocycles. The summed E-state index contributed by atoms with van der Waals surface area (Å²) in [6.45, 7) is -0.211. The van der Waals surface area contributed by atoms with Gasteiger partial charge in [-0.3, -0.25) is 10.4 Å². The average Bonchev–Trinajstić information content (AvgIpc) is 2.42. The second-order valence-electron chi connectivity index (χ2n) is 4.74. The second kappa shape index (κ2) is 5.59. The molecule has 4 nitrogen and oxygen atoms in total. The molecule has 21 heavy (non-hydrogen) atoms. The molecule has 0 aliphatic carbocycles. The molecule has 3 N–H and O–H groups in total. The standard InChI is InChI=1S/C14H15F3N4/c1-21(7-6-14(15,16)17)12-9-4-2-3-5-11(9)20-8-10(12)13(18)19/h2-5,8H,6-7H2,1H3,(H3,18,19). The van der Waals surface area contributed by atoms with E-state index in [0.29, 0.717) is 22.2 Å². The number of amidine groups is 1. The smallest absolute Gasteiger partial charge is 0.384 e. The van der Waals surface area contributed by atoms with Gasteiger partial charge in [0.25, 0.3) is 0 Å². The van der Waals surface area contributed by atoms with Gasteiger partial charge < -0.3 is 10.6 Å². The number of nitrogens with two attached hydrogens (primary N) is 1. The molecule has 0 spiro atoms. The molecular weight excluding hydrogens is 281 g/mol. The molecule has 2 aromatic rings. The molecule has 2 rings (SSSR count). The zero-order chi connectivity index (χ0) is 15.6. The minimum absolute atomic E-state index is 0.211. The maximum atomic E-state index is 12.4. The minimum atomic E-state index is -4.23. The van der Waals surface area contributed by atoms with Crippen molar-refractivity contribution in [1.29, 1.82) is 5.41 Å². The fourth-order valence-electron chi connectivity index (χ4n) is 2.14. The van der Waals surface area contributed by atoms with Crippen LogP contribution in [0.1, 0.15) is 12.0 Å². The van der Waals surface area contributed by atoms with Gasteiger partial charge in [-0.2, -0.15) is 13.2 Å². The lowest BCUT2D eigenvalue weighted by atomic mass is 10.1.